The lowest BCUT2D eigenvalue weighted by atomic mass is 9.82. The number of benzene rings is 1. The first kappa shape index (κ1) is 17.7. The van der Waals surface area contributed by atoms with E-state index in [-0.39, 0.29) is 17.0 Å². The molecule has 0 saturated carbocycles. The van der Waals surface area contributed by atoms with Crippen LogP contribution in [-0.4, -0.2) is 22.2 Å². The second kappa shape index (κ2) is 6.29. The summed E-state index contributed by atoms with van der Waals surface area (Å²) in [5, 5.41) is 2.95. The van der Waals surface area contributed by atoms with Crippen LogP contribution in [0.25, 0.3) is 0 Å². The van der Waals surface area contributed by atoms with E-state index in [0.717, 1.165) is 4.57 Å². The molecule has 1 aromatic heterocycles. The molecule has 0 fully saturated rings. The van der Waals surface area contributed by atoms with Crippen molar-refractivity contribution in [2.75, 3.05) is 12.4 Å². The van der Waals surface area contributed by atoms with Crippen LogP contribution in [0, 0.1) is 5.82 Å². The molecule has 0 unspecified atom stereocenters. The monoisotopic (exact) mass is 359 g/mol. The molecule has 7 nitrogen and oxygen atoms in total. The minimum Gasteiger partial charge on any atom is -0.466 e. The van der Waals surface area contributed by atoms with E-state index < -0.39 is 29.0 Å². The van der Waals surface area contributed by atoms with Crippen LogP contribution in [0.3, 0.4) is 0 Å². The molecule has 0 saturated heterocycles. The third kappa shape index (κ3) is 2.54. The molecular weight excluding hydrogens is 341 g/mol. The Morgan fingerprint density at radius 3 is 2.54 bits per heavy atom. The molecule has 1 aromatic carbocycles. The number of carbonyl (C=O) groups excluding carboxylic acids is 1. The van der Waals surface area contributed by atoms with Gasteiger partial charge in [-0.05, 0) is 24.6 Å². The van der Waals surface area contributed by atoms with Crippen LogP contribution in [0.5, 0.6) is 0 Å². The maximum atomic E-state index is 13.8. The minimum atomic E-state index is -0.861. The number of hydrogen-bond donors (Lipinski definition) is 1. The van der Waals surface area contributed by atoms with Crippen LogP contribution in [0.2, 0.25) is 0 Å². The fraction of sp³-hybridized carbons (Fsp3) is 0.278. The summed E-state index contributed by atoms with van der Waals surface area (Å²) in [5.74, 6) is -1.71. The molecule has 2 heterocycles. The van der Waals surface area contributed by atoms with E-state index in [1.165, 1.54) is 44.0 Å². The van der Waals surface area contributed by atoms with E-state index in [4.69, 9.17) is 4.74 Å². The fourth-order valence-corrected chi connectivity index (χ4v) is 3.29. The van der Waals surface area contributed by atoms with Gasteiger partial charge in [0.05, 0.1) is 24.2 Å². The van der Waals surface area contributed by atoms with Crippen molar-refractivity contribution in [3.8, 4) is 0 Å². The number of hydrogen-bond acceptors (Lipinski definition) is 5. The van der Waals surface area contributed by atoms with Crippen LogP contribution in [0.15, 0.2) is 45.1 Å². The van der Waals surface area contributed by atoms with Crippen molar-refractivity contribution in [1.82, 2.24) is 9.13 Å². The molecule has 0 bridgehead atoms. The third-order valence-corrected chi connectivity index (χ3v) is 4.57. The van der Waals surface area contributed by atoms with Crippen LogP contribution in [-0.2, 0) is 23.6 Å². The Balaban J connectivity index is 2.43. The summed E-state index contributed by atoms with van der Waals surface area (Å²) in [6.07, 6.45) is 0. The number of ether oxygens (including phenoxy) is 1. The van der Waals surface area contributed by atoms with E-state index in [0.29, 0.717) is 11.3 Å². The number of rotatable bonds is 2. The normalized spacial score (nSPS) is 16.1. The lowest BCUT2D eigenvalue weighted by molar-refractivity contribution is -0.136. The molecule has 3 rings (SSSR count). The number of anilines is 1. The second-order valence-electron chi connectivity index (χ2n) is 6.11. The van der Waals surface area contributed by atoms with Crippen LogP contribution < -0.4 is 16.6 Å². The van der Waals surface area contributed by atoms with Crippen LogP contribution >= 0.6 is 0 Å². The van der Waals surface area contributed by atoms with E-state index >= 15 is 0 Å². The average molecular weight is 359 g/mol. The summed E-state index contributed by atoms with van der Waals surface area (Å²) in [4.78, 5) is 37.5. The number of nitrogens with zero attached hydrogens (tertiary/aromatic N) is 2. The highest BCUT2D eigenvalue weighted by atomic mass is 19.1. The lowest BCUT2D eigenvalue weighted by Crippen LogP contribution is -2.43. The minimum absolute atomic E-state index is 0.186. The Hall–Kier alpha value is -3.16. The number of nitrogens with one attached hydrogen (secondary N) is 1. The first-order valence-corrected chi connectivity index (χ1v) is 7.89. The topological polar surface area (TPSA) is 82.3 Å². The Morgan fingerprint density at radius 2 is 1.92 bits per heavy atom. The van der Waals surface area contributed by atoms with E-state index in [1.807, 2.05) is 0 Å². The highest BCUT2D eigenvalue weighted by Crippen LogP contribution is 2.39. The van der Waals surface area contributed by atoms with Gasteiger partial charge in [-0.25, -0.2) is 14.0 Å². The second-order valence-corrected chi connectivity index (χ2v) is 6.11. The van der Waals surface area contributed by atoms with Crippen molar-refractivity contribution >= 4 is 11.8 Å². The van der Waals surface area contributed by atoms with E-state index in [1.54, 1.807) is 13.0 Å². The van der Waals surface area contributed by atoms with Crippen molar-refractivity contribution in [2.45, 2.75) is 12.8 Å². The van der Waals surface area contributed by atoms with Gasteiger partial charge in [0.25, 0.3) is 5.56 Å². The molecule has 1 aliphatic rings. The zero-order valence-corrected chi connectivity index (χ0v) is 14.8. The first-order chi connectivity index (χ1) is 12.3. The lowest BCUT2D eigenvalue weighted by Gasteiger charge is -2.30. The highest BCUT2D eigenvalue weighted by molar-refractivity contribution is 5.94. The number of aromatic nitrogens is 2. The summed E-state index contributed by atoms with van der Waals surface area (Å²) >= 11 is 0. The third-order valence-electron chi connectivity index (χ3n) is 4.57. The Bertz CT molecular complexity index is 1070. The molecule has 1 aliphatic heterocycles. The number of methoxy groups -OCH3 is 1. The van der Waals surface area contributed by atoms with Crippen molar-refractivity contribution < 1.29 is 13.9 Å². The van der Waals surface area contributed by atoms with Crippen molar-refractivity contribution in [1.29, 1.82) is 0 Å². The fourth-order valence-electron chi connectivity index (χ4n) is 3.29. The molecule has 0 radical (unpaired) electrons. The number of halogens is 1. The first-order valence-electron chi connectivity index (χ1n) is 7.89. The van der Waals surface area contributed by atoms with Gasteiger partial charge < -0.3 is 10.1 Å². The molecule has 8 heteroatoms. The van der Waals surface area contributed by atoms with Crippen molar-refractivity contribution in [3.63, 3.8) is 0 Å². The van der Waals surface area contributed by atoms with Gasteiger partial charge in [-0.3, -0.25) is 13.9 Å². The van der Waals surface area contributed by atoms with Crippen molar-refractivity contribution in [2.24, 2.45) is 14.1 Å². The summed E-state index contributed by atoms with van der Waals surface area (Å²) < 4.78 is 21.0. The SMILES string of the molecule is COC(=O)C1=C(C)Nc2c(c(=O)n(C)c(=O)n2C)[C@H]1c1cccc(F)c1. The van der Waals surface area contributed by atoms with Gasteiger partial charge in [-0.15, -0.1) is 0 Å². The summed E-state index contributed by atoms with van der Waals surface area (Å²) in [6.45, 7) is 1.64. The van der Waals surface area contributed by atoms with Gasteiger partial charge in [0.2, 0.25) is 0 Å². The quantitative estimate of drug-likeness (QED) is 0.816. The number of carbonyl (C=O) groups is 1. The highest BCUT2D eigenvalue weighted by Gasteiger charge is 2.37. The molecule has 0 aliphatic carbocycles. The molecule has 26 heavy (non-hydrogen) atoms. The largest absolute Gasteiger partial charge is 0.466 e. The standard InChI is InChI=1S/C18H18FN3O4/c1-9-12(17(24)26-4)13(10-6-5-7-11(19)8-10)14-15(20-9)21(2)18(25)22(3)16(14)23/h5-8,13,20H,1-4H3/t13-/m0/s1. The Labute approximate surface area is 148 Å². The van der Waals surface area contributed by atoms with Crippen LogP contribution in [0.4, 0.5) is 10.2 Å². The summed E-state index contributed by atoms with van der Waals surface area (Å²) in [5.41, 5.74) is 0.171. The van der Waals surface area contributed by atoms with Gasteiger partial charge >= 0.3 is 11.7 Å². The zero-order chi connectivity index (χ0) is 19.2. The Morgan fingerprint density at radius 1 is 1.23 bits per heavy atom. The number of fused-ring (bicyclic) bond motifs is 1. The Kier molecular flexibility index (Phi) is 4.27. The molecule has 0 amide bonds. The predicted molar refractivity (Wildman–Crippen MR) is 93.5 cm³/mol. The van der Waals surface area contributed by atoms with Gasteiger partial charge in [0, 0.05) is 19.8 Å². The molecule has 1 atom stereocenters. The van der Waals surface area contributed by atoms with Gasteiger partial charge in [0.15, 0.2) is 0 Å². The average Bonchev–Trinajstić information content (AvgIpc) is 2.63. The molecule has 2 aromatic rings. The number of esters is 1. The van der Waals surface area contributed by atoms with Gasteiger partial charge in [-0.1, -0.05) is 12.1 Å². The molecule has 136 valence electrons. The molecule has 0 spiro atoms. The summed E-state index contributed by atoms with van der Waals surface area (Å²) in [6, 6.07) is 5.67. The summed E-state index contributed by atoms with van der Waals surface area (Å²) in [7, 11) is 4.11. The zero-order valence-electron chi connectivity index (χ0n) is 14.8. The van der Waals surface area contributed by atoms with Gasteiger partial charge in [0.1, 0.15) is 11.6 Å². The van der Waals surface area contributed by atoms with Gasteiger partial charge in [-0.2, -0.15) is 0 Å². The smallest absolute Gasteiger partial charge is 0.336 e. The van der Waals surface area contributed by atoms with E-state index in [2.05, 4.69) is 5.32 Å². The van der Waals surface area contributed by atoms with Crippen LogP contribution in [0.1, 0.15) is 24.0 Å². The maximum absolute atomic E-state index is 13.8. The van der Waals surface area contributed by atoms with Crippen molar-refractivity contribution in [3.05, 3.63) is 73.3 Å². The number of allylic oxidation sites excluding steroid dienone is 1. The van der Waals surface area contributed by atoms with E-state index in [9.17, 15) is 18.8 Å². The molecule has 1 N–H and O–H groups in total. The molecular formula is C18H18FN3O4. The maximum Gasteiger partial charge on any atom is 0.336 e. The predicted octanol–water partition coefficient (Wildman–Crippen LogP) is 1.23.